The van der Waals surface area contributed by atoms with Gasteiger partial charge in [-0.2, -0.15) is 0 Å². The quantitative estimate of drug-likeness (QED) is 0.777. The van der Waals surface area contributed by atoms with Crippen molar-refractivity contribution in [3.05, 3.63) is 53.1 Å². The summed E-state index contributed by atoms with van der Waals surface area (Å²) >= 11 is 0. The first-order chi connectivity index (χ1) is 12.5. The summed E-state index contributed by atoms with van der Waals surface area (Å²) < 4.78 is 16.3. The summed E-state index contributed by atoms with van der Waals surface area (Å²) in [5.74, 6) is 1.87. The lowest BCUT2D eigenvalue weighted by atomic mass is 10.0. The van der Waals surface area contributed by atoms with Crippen molar-refractivity contribution in [2.24, 2.45) is 0 Å². The SMILES string of the molecule is CC[C@@H](NC(=O)COc1ccc(C)cc1C)c1ccc(OC)c(OC)c1. The fourth-order valence-corrected chi connectivity index (χ4v) is 2.83. The van der Waals surface area contributed by atoms with Crippen molar-refractivity contribution in [2.75, 3.05) is 20.8 Å². The summed E-state index contributed by atoms with van der Waals surface area (Å²) in [5, 5.41) is 3.01. The van der Waals surface area contributed by atoms with Crippen LogP contribution in [0.3, 0.4) is 0 Å². The summed E-state index contributed by atoms with van der Waals surface area (Å²) in [6, 6.07) is 11.4. The molecule has 0 radical (unpaired) electrons. The van der Waals surface area contributed by atoms with Gasteiger partial charge in [-0.1, -0.05) is 30.7 Å². The number of methoxy groups -OCH3 is 2. The van der Waals surface area contributed by atoms with Crippen molar-refractivity contribution < 1.29 is 19.0 Å². The zero-order valence-electron chi connectivity index (χ0n) is 16.1. The van der Waals surface area contributed by atoms with Crippen molar-refractivity contribution >= 4 is 5.91 Å². The van der Waals surface area contributed by atoms with Gasteiger partial charge in [0.15, 0.2) is 18.1 Å². The summed E-state index contributed by atoms with van der Waals surface area (Å²) in [5.41, 5.74) is 3.15. The molecule has 0 aliphatic carbocycles. The van der Waals surface area contributed by atoms with E-state index in [-0.39, 0.29) is 18.6 Å². The van der Waals surface area contributed by atoms with E-state index >= 15 is 0 Å². The van der Waals surface area contributed by atoms with Crippen LogP contribution in [0.15, 0.2) is 36.4 Å². The number of ether oxygens (including phenoxy) is 3. The summed E-state index contributed by atoms with van der Waals surface area (Å²) in [7, 11) is 3.19. The van der Waals surface area contributed by atoms with Crippen LogP contribution in [0.4, 0.5) is 0 Å². The van der Waals surface area contributed by atoms with Gasteiger partial charge in [0.1, 0.15) is 5.75 Å². The minimum Gasteiger partial charge on any atom is -0.493 e. The third-order valence-electron chi connectivity index (χ3n) is 4.24. The molecular formula is C21H27NO4. The van der Waals surface area contributed by atoms with Crippen molar-refractivity contribution in [1.29, 1.82) is 0 Å². The van der Waals surface area contributed by atoms with E-state index in [2.05, 4.69) is 5.32 Å². The molecule has 0 unspecified atom stereocenters. The maximum Gasteiger partial charge on any atom is 0.258 e. The summed E-state index contributed by atoms with van der Waals surface area (Å²) in [4.78, 5) is 12.3. The van der Waals surface area contributed by atoms with E-state index in [4.69, 9.17) is 14.2 Å². The van der Waals surface area contributed by atoms with Gasteiger partial charge in [0.25, 0.3) is 5.91 Å². The van der Waals surface area contributed by atoms with Crippen molar-refractivity contribution in [2.45, 2.75) is 33.2 Å². The highest BCUT2D eigenvalue weighted by molar-refractivity contribution is 5.78. The van der Waals surface area contributed by atoms with Gasteiger partial charge in [-0.25, -0.2) is 0 Å². The average molecular weight is 357 g/mol. The molecule has 0 bridgehead atoms. The molecule has 26 heavy (non-hydrogen) atoms. The highest BCUT2D eigenvalue weighted by Crippen LogP contribution is 2.30. The fourth-order valence-electron chi connectivity index (χ4n) is 2.83. The lowest BCUT2D eigenvalue weighted by molar-refractivity contribution is -0.123. The van der Waals surface area contributed by atoms with Gasteiger partial charge in [-0.05, 0) is 49.6 Å². The van der Waals surface area contributed by atoms with Gasteiger partial charge in [-0.15, -0.1) is 0 Å². The van der Waals surface area contributed by atoms with E-state index < -0.39 is 0 Å². The Morgan fingerprint density at radius 1 is 1.00 bits per heavy atom. The number of nitrogens with one attached hydrogen (secondary N) is 1. The number of amides is 1. The Hall–Kier alpha value is -2.69. The second-order valence-electron chi connectivity index (χ2n) is 6.20. The van der Waals surface area contributed by atoms with Gasteiger partial charge in [-0.3, -0.25) is 4.79 Å². The maximum atomic E-state index is 12.3. The van der Waals surface area contributed by atoms with E-state index in [0.717, 1.165) is 23.3 Å². The van der Waals surface area contributed by atoms with Crippen LogP contribution >= 0.6 is 0 Å². The van der Waals surface area contributed by atoms with E-state index in [1.165, 1.54) is 5.56 Å². The number of hydrogen-bond acceptors (Lipinski definition) is 4. The Morgan fingerprint density at radius 2 is 1.69 bits per heavy atom. The van der Waals surface area contributed by atoms with Gasteiger partial charge in [0.05, 0.1) is 20.3 Å². The minimum absolute atomic E-state index is 0.0201. The molecule has 1 atom stereocenters. The number of rotatable bonds is 8. The van der Waals surface area contributed by atoms with Gasteiger partial charge in [0, 0.05) is 0 Å². The monoisotopic (exact) mass is 357 g/mol. The third kappa shape index (κ3) is 4.91. The van der Waals surface area contributed by atoms with Crippen LogP contribution < -0.4 is 19.5 Å². The average Bonchev–Trinajstić information content (AvgIpc) is 2.64. The van der Waals surface area contributed by atoms with Crippen LogP contribution in [-0.2, 0) is 4.79 Å². The van der Waals surface area contributed by atoms with E-state index in [0.29, 0.717) is 11.5 Å². The van der Waals surface area contributed by atoms with E-state index in [1.807, 2.05) is 57.2 Å². The predicted octanol–water partition coefficient (Wildman–Crippen LogP) is 3.97. The number of hydrogen-bond donors (Lipinski definition) is 1. The lowest BCUT2D eigenvalue weighted by Crippen LogP contribution is -2.32. The molecule has 5 heteroatoms. The maximum absolute atomic E-state index is 12.3. The molecule has 2 rings (SSSR count). The highest BCUT2D eigenvalue weighted by Gasteiger charge is 2.16. The number of aryl methyl sites for hydroxylation is 2. The normalized spacial score (nSPS) is 11.6. The van der Waals surface area contributed by atoms with Crippen LogP contribution in [-0.4, -0.2) is 26.7 Å². The van der Waals surface area contributed by atoms with Crippen LogP contribution in [0.5, 0.6) is 17.2 Å². The van der Waals surface area contributed by atoms with Crippen molar-refractivity contribution in [3.8, 4) is 17.2 Å². The fraction of sp³-hybridized carbons (Fsp3) is 0.381. The topological polar surface area (TPSA) is 56.8 Å². The number of carbonyl (C=O) groups excluding carboxylic acids is 1. The molecule has 0 saturated carbocycles. The number of carbonyl (C=O) groups is 1. The Balaban J connectivity index is 2.01. The zero-order chi connectivity index (χ0) is 19.1. The van der Waals surface area contributed by atoms with Crippen LogP contribution in [0.1, 0.15) is 36.1 Å². The van der Waals surface area contributed by atoms with Gasteiger partial charge in [0.2, 0.25) is 0 Å². The van der Waals surface area contributed by atoms with E-state index in [9.17, 15) is 4.79 Å². The Kier molecular flexibility index (Phi) is 6.89. The Bertz CT molecular complexity index is 758. The zero-order valence-corrected chi connectivity index (χ0v) is 16.1. The lowest BCUT2D eigenvalue weighted by Gasteiger charge is -2.19. The molecule has 1 amide bonds. The minimum atomic E-state index is -0.161. The van der Waals surface area contributed by atoms with E-state index in [1.54, 1.807) is 14.2 Å². The molecule has 0 spiro atoms. The first kappa shape index (κ1) is 19.6. The van der Waals surface area contributed by atoms with Crippen LogP contribution in [0, 0.1) is 13.8 Å². The molecule has 1 N–H and O–H groups in total. The second-order valence-corrected chi connectivity index (χ2v) is 6.20. The molecule has 2 aromatic rings. The Morgan fingerprint density at radius 3 is 2.31 bits per heavy atom. The third-order valence-corrected chi connectivity index (χ3v) is 4.24. The smallest absolute Gasteiger partial charge is 0.258 e. The second kappa shape index (κ2) is 9.13. The summed E-state index contributed by atoms with van der Waals surface area (Å²) in [6.07, 6.45) is 0.755. The highest BCUT2D eigenvalue weighted by atomic mass is 16.5. The van der Waals surface area contributed by atoms with Crippen LogP contribution in [0.2, 0.25) is 0 Å². The molecule has 2 aromatic carbocycles. The molecule has 0 saturated heterocycles. The summed E-state index contributed by atoms with van der Waals surface area (Å²) in [6.45, 7) is 6.00. The Labute approximate surface area is 155 Å². The molecule has 0 aliphatic rings. The molecule has 5 nitrogen and oxygen atoms in total. The van der Waals surface area contributed by atoms with Gasteiger partial charge < -0.3 is 19.5 Å². The molecule has 0 aliphatic heterocycles. The van der Waals surface area contributed by atoms with Crippen molar-refractivity contribution in [1.82, 2.24) is 5.32 Å². The molecule has 0 fully saturated rings. The predicted molar refractivity (Wildman–Crippen MR) is 102 cm³/mol. The molecule has 0 aromatic heterocycles. The largest absolute Gasteiger partial charge is 0.493 e. The first-order valence-corrected chi connectivity index (χ1v) is 8.69. The van der Waals surface area contributed by atoms with Gasteiger partial charge >= 0.3 is 0 Å². The first-order valence-electron chi connectivity index (χ1n) is 8.69. The molecular weight excluding hydrogens is 330 g/mol. The van der Waals surface area contributed by atoms with Crippen molar-refractivity contribution in [3.63, 3.8) is 0 Å². The standard InChI is InChI=1S/C21H27NO4/c1-6-17(16-8-10-19(24-4)20(12-16)25-5)22-21(23)13-26-18-9-7-14(2)11-15(18)3/h7-12,17H,6,13H2,1-5H3,(H,22,23)/t17-/m1/s1. The number of benzene rings is 2. The molecule has 0 heterocycles. The van der Waals surface area contributed by atoms with Crippen LogP contribution in [0.25, 0.3) is 0 Å². The molecule has 140 valence electrons.